The van der Waals surface area contributed by atoms with Gasteiger partial charge in [-0.15, -0.1) is 0 Å². The van der Waals surface area contributed by atoms with Crippen LogP contribution in [0.1, 0.15) is 29.3 Å². The van der Waals surface area contributed by atoms with Gasteiger partial charge in [0.15, 0.2) is 0 Å². The summed E-state index contributed by atoms with van der Waals surface area (Å²) in [6.45, 7) is 1.43. The molecule has 4 nitrogen and oxygen atoms in total. The quantitative estimate of drug-likeness (QED) is 0.607. The summed E-state index contributed by atoms with van der Waals surface area (Å²) in [6, 6.07) is 0.806. The van der Waals surface area contributed by atoms with Crippen LogP contribution in [0.5, 0.6) is 5.88 Å². The Balaban J connectivity index is 3.31. The van der Waals surface area contributed by atoms with Crippen LogP contribution >= 0.6 is 0 Å². The van der Waals surface area contributed by atoms with Crippen molar-refractivity contribution in [3.8, 4) is 5.88 Å². The van der Waals surface area contributed by atoms with Crippen LogP contribution in [0.15, 0.2) is 6.07 Å². The number of rotatable bonds is 4. The number of pyridine rings is 1. The van der Waals surface area contributed by atoms with Gasteiger partial charge in [0.05, 0.1) is 13.7 Å². The molecule has 1 aromatic rings. The zero-order valence-electron chi connectivity index (χ0n) is 9.17. The number of esters is 1. The molecule has 0 amide bonds. The van der Waals surface area contributed by atoms with Gasteiger partial charge in [0, 0.05) is 11.6 Å². The molecule has 0 aliphatic heterocycles. The summed E-state index contributed by atoms with van der Waals surface area (Å²) in [5.74, 6) is -2.83. The van der Waals surface area contributed by atoms with Gasteiger partial charge in [0.25, 0.3) is 6.43 Å². The Kier molecular flexibility index (Phi) is 4.30. The summed E-state index contributed by atoms with van der Waals surface area (Å²) in [5, 5.41) is 0. The lowest BCUT2D eigenvalue weighted by atomic mass is 10.1. The van der Waals surface area contributed by atoms with Gasteiger partial charge < -0.3 is 9.47 Å². The minimum atomic E-state index is -3.03. The fourth-order valence-corrected chi connectivity index (χ4v) is 1.19. The van der Waals surface area contributed by atoms with Crippen molar-refractivity contribution in [3.63, 3.8) is 0 Å². The van der Waals surface area contributed by atoms with E-state index in [9.17, 15) is 18.0 Å². The lowest BCUT2D eigenvalue weighted by Crippen LogP contribution is -2.13. The number of hydrogen-bond donors (Lipinski definition) is 0. The Hall–Kier alpha value is -1.79. The summed E-state index contributed by atoms with van der Waals surface area (Å²) < 4.78 is 47.8. The van der Waals surface area contributed by atoms with E-state index in [2.05, 4.69) is 14.5 Å². The Labute approximate surface area is 95.4 Å². The first kappa shape index (κ1) is 13.3. The highest BCUT2D eigenvalue weighted by atomic mass is 19.3. The summed E-state index contributed by atoms with van der Waals surface area (Å²) in [6.07, 6.45) is -3.03. The maximum Gasteiger partial charge on any atom is 0.343 e. The van der Waals surface area contributed by atoms with Crippen molar-refractivity contribution >= 4 is 5.97 Å². The van der Waals surface area contributed by atoms with Crippen molar-refractivity contribution < 1.29 is 27.4 Å². The van der Waals surface area contributed by atoms with Gasteiger partial charge in [-0.3, -0.25) is 0 Å². The molecule has 1 heterocycles. The maximum absolute atomic E-state index is 13.4. The normalized spacial score (nSPS) is 10.5. The van der Waals surface area contributed by atoms with Gasteiger partial charge >= 0.3 is 5.97 Å². The predicted octanol–water partition coefficient (Wildman–Crippen LogP) is 2.34. The van der Waals surface area contributed by atoms with E-state index in [1.54, 1.807) is 0 Å². The van der Waals surface area contributed by atoms with Crippen molar-refractivity contribution in [2.24, 2.45) is 0 Å². The van der Waals surface area contributed by atoms with Gasteiger partial charge in [-0.1, -0.05) is 0 Å². The molecule has 0 fully saturated rings. The van der Waals surface area contributed by atoms with Crippen LogP contribution in [0.3, 0.4) is 0 Å². The van der Waals surface area contributed by atoms with Gasteiger partial charge in [0.2, 0.25) is 11.8 Å². The van der Waals surface area contributed by atoms with E-state index in [0.29, 0.717) is 0 Å². The highest BCUT2D eigenvalue weighted by Gasteiger charge is 2.26. The third kappa shape index (κ3) is 2.86. The molecule has 17 heavy (non-hydrogen) atoms. The Morgan fingerprint density at radius 2 is 2.18 bits per heavy atom. The molecule has 0 atom stereocenters. The summed E-state index contributed by atoms with van der Waals surface area (Å²) in [4.78, 5) is 14.5. The average molecular weight is 249 g/mol. The van der Waals surface area contributed by atoms with E-state index >= 15 is 0 Å². The zero-order chi connectivity index (χ0) is 13.0. The van der Waals surface area contributed by atoms with Crippen LogP contribution in [0.25, 0.3) is 0 Å². The monoisotopic (exact) mass is 249 g/mol. The van der Waals surface area contributed by atoms with Crippen molar-refractivity contribution in [1.82, 2.24) is 4.98 Å². The minimum Gasteiger partial charge on any atom is -0.481 e. The van der Waals surface area contributed by atoms with Crippen molar-refractivity contribution in [2.75, 3.05) is 13.7 Å². The first-order chi connectivity index (χ1) is 8.01. The SMILES string of the molecule is CCOC(=O)c1c(C(F)F)cc(OC)nc1F. The Morgan fingerprint density at radius 3 is 2.65 bits per heavy atom. The molecule has 0 saturated carbocycles. The third-order valence-electron chi connectivity index (χ3n) is 1.91. The van der Waals surface area contributed by atoms with Crippen LogP contribution in [0, 0.1) is 5.95 Å². The van der Waals surface area contributed by atoms with E-state index in [4.69, 9.17) is 0 Å². The van der Waals surface area contributed by atoms with Gasteiger partial charge in [-0.2, -0.15) is 9.37 Å². The standard InChI is InChI=1S/C10H10F3NO3/c1-3-17-10(15)7-5(8(11)12)4-6(16-2)14-9(7)13/h4,8H,3H2,1-2H3. The highest BCUT2D eigenvalue weighted by molar-refractivity contribution is 5.91. The van der Waals surface area contributed by atoms with Crippen molar-refractivity contribution in [2.45, 2.75) is 13.3 Å². The second kappa shape index (κ2) is 5.51. The van der Waals surface area contributed by atoms with Crippen molar-refractivity contribution in [1.29, 1.82) is 0 Å². The van der Waals surface area contributed by atoms with Crippen LogP contribution in [-0.4, -0.2) is 24.7 Å². The predicted molar refractivity (Wildman–Crippen MR) is 51.7 cm³/mol. The fourth-order valence-electron chi connectivity index (χ4n) is 1.19. The molecule has 0 aromatic carbocycles. The molecule has 0 radical (unpaired) electrons. The molecule has 7 heteroatoms. The fraction of sp³-hybridized carbons (Fsp3) is 0.400. The number of carbonyl (C=O) groups excluding carboxylic acids is 1. The van der Waals surface area contributed by atoms with Crippen LogP contribution in [-0.2, 0) is 4.74 Å². The molecular formula is C10H10F3NO3. The number of nitrogens with zero attached hydrogens (tertiary/aromatic N) is 1. The summed E-state index contributed by atoms with van der Waals surface area (Å²) in [5.41, 5.74) is -1.66. The number of ether oxygens (including phenoxy) is 2. The average Bonchev–Trinajstić information content (AvgIpc) is 2.27. The van der Waals surface area contributed by atoms with Crippen LogP contribution in [0.4, 0.5) is 13.2 Å². The van der Waals surface area contributed by atoms with Gasteiger partial charge in [0.1, 0.15) is 5.56 Å². The number of halogens is 3. The molecule has 1 aromatic heterocycles. The number of hydrogen-bond acceptors (Lipinski definition) is 4. The molecule has 0 unspecified atom stereocenters. The molecule has 0 aliphatic rings. The van der Waals surface area contributed by atoms with Gasteiger partial charge in [-0.05, 0) is 6.92 Å². The largest absolute Gasteiger partial charge is 0.481 e. The third-order valence-corrected chi connectivity index (χ3v) is 1.91. The molecule has 94 valence electrons. The lowest BCUT2D eigenvalue weighted by Gasteiger charge is -2.10. The number of carbonyl (C=O) groups is 1. The first-order valence-electron chi connectivity index (χ1n) is 4.71. The Morgan fingerprint density at radius 1 is 1.53 bits per heavy atom. The molecule has 0 saturated heterocycles. The van der Waals surface area contributed by atoms with Crippen LogP contribution < -0.4 is 4.74 Å². The first-order valence-corrected chi connectivity index (χ1v) is 4.71. The second-order valence-corrected chi connectivity index (χ2v) is 2.94. The van der Waals surface area contributed by atoms with E-state index in [1.807, 2.05) is 0 Å². The van der Waals surface area contributed by atoms with E-state index < -0.39 is 29.5 Å². The van der Waals surface area contributed by atoms with E-state index in [0.717, 1.165) is 13.2 Å². The number of alkyl halides is 2. The molecule has 0 spiro atoms. The van der Waals surface area contributed by atoms with E-state index in [1.165, 1.54) is 6.92 Å². The molecule has 0 bridgehead atoms. The minimum absolute atomic E-state index is 0.0486. The smallest absolute Gasteiger partial charge is 0.343 e. The topological polar surface area (TPSA) is 48.4 Å². The lowest BCUT2D eigenvalue weighted by molar-refractivity contribution is 0.0507. The number of aromatic nitrogens is 1. The maximum atomic E-state index is 13.4. The summed E-state index contributed by atoms with van der Waals surface area (Å²) in [7, 11) is 1.15. The van der Waals surface area contributed by atoms with Crippen molar-refractivity contribution in [3.05, 3.63) is 23.1 Å². The van der Waals surface area contributed by atoms with Crippen LogP contribution in [0.2, 0.25) is 0 Å². The number of methoxy groups -OCH3 is 1. The highest BCUT2D eigenvalue weighted by Crippen LogP contribution is 2.28. The Bertz CT molecular complexity index is 424. The summed E-state index contributed by atoms with van der Waals surface area (Å²) >= 11 is 0. The van der Waals surface area contributed by atoms with E-state index in [-0.39, 0.29) is 12.5 Å². The molecular weight excluding hydrogens is 239 g/mol. The molecule has 0 N–H and O–H groups in total. The molecule has 0 aliphatic carbocycles. The zero-order valence-corrected chi connectivity index (χ0v) is 9.17. The second-order valence-electron chi connectivity index (χ2n) is 2.94. The molecule has 1 rings (SSSR count). The van der Waals surface area contributed by atoms with Gasteiger partial charge in [-0.25, -0.2) is 13.6 Å².